The van der Waals surface area contributed by atoms with Crippen LogP contribution in [0.1, 0.15) is 42.5 Å². The Morgan fingerprint density at radius 3 is 2.56 bits per heavy atom. The van der Waals surface area contributed by atoms with Gasteiger partial charge in [-0.05, 0) is 25.0 Å². The van der Waals surface area contributed by atoms with Crippen LogP contribution in [0.5, 0.6) is 11.5 Å². The Kier molecular flexibility index (Phi) is 5.98. The minimum absolute atomic E-state index is 0.00648. The lowest BCUT2D eigenvalue weighted by molar-refractivity contribution is -0.147. The van der Waals surface area contributed by atoms with Crippen molar-refractivity contribution in [2.24, 2.45) is 5.92 Å². The molecule has 2 aliphatic rings. The molecule has 2 fully saturated rings. The van der Waals surface area contributed by atoms with Crippen LogP contribution in [0, 0.1) is 5.92 Å². The van der Waals surface area contributed by atoms with Crippen molar-refractivity contribution >= 4 is 17.7 Å². The summed E-state index contributed by atoms with van der Waals surface area (Å²) in [6.07, 6.45) is 4.42. The molecule has 146 valence electrons. The number of carbonyl (C=O) groups excluding carboxylic acids is 3. The Morgan fingerprint density at radius 1 is 1.15 bits per heavy atom. The number of amides is 1. The van der Waals surface area contributed by atoms with E-state index >= 15 is 0 Å². The zero-order valence-corrected chi connectivity index (χ0v) is 15.7. The number of carbonyl (C=O) groups is 3. The Hall–Kier alpha value is -2.57. The van der Waals surface area contributed by atoms with Crippen LogP contribution in [-0.4, -0.2) is 56.0 Å². The molecular formula is C20H25NO6. The molecule has 1 saturated carbocycles. The highest BCUT2D eigenvalue weighted by molar-refractivity contribution is 6.00. The number of ketones is 1. The summed E-state index contributed by atoms with van der Waals surface area (Å²) in [6.45, 7) is 0.0119. The first-order valence-corrected chi connectivity index (χ1v) is 9.24. The third kappa shape index (κ3) is 4.23. The van der Waals surface area contributed by atoms with Gasteiger partial charge in [0, 0.05) is 25.1 Å². The van der Waals surface area contributed by atoms with Crippen molar-refractivity contribution in [3.8, 4) is 11.5 Å². The topological polar surface area (TPSA) is 82.1 Å². The van der Waals surface area contributed by atoms with Gasteiger partial charge in [-0.25, -0.2) is 0 Å². The maximum atomic E-state index is 12.4. The summed E-state index contributed by atoms with van der Waals surface area (Å²) in [6, 6.07) is 5.08. The summed E-state index contributed by atoms with van der Waals surface area (Å²) in [4.78, 5) is 38.8. The molecule has 7 nitrogen and oxygen atoms in total. The van der Waals surface area contributed by atoms with Crippen molar-refractivity contribution in [3.63, 3.8) is 0 Å². The van der Waals surface area contributed by atoms with Crippen molar-refractivity contribution < 1.29 is 28.6 Å². The third-order valence-electron chi connectivity index (χ3n) is 5.31. The van der Waals surface area contributed by atoms with Gasteiger partial charge in [0.25, 0.3) is 0 Å². The van der Waals surface area contributed by atoms with Gasteiger partial charge in [-0.1, -0.05) is 12.8 Å². The van der Waals surface area contributed by atoms with Crippen molar-refractivity contribution in [2.45, 2.75) is 38.1 Å². The van der Waals surface area contributed by atoms with E-state index in [2.05, 4.69) is 0 Å². The first-order chi connectivity index (χ1) is 13.0. The smallest absolute Gasteiger partial charge is 0.311 e. The molecule has 0 aromatic heterocycles. The van der Waals surface area contributed by atoms with Gasteiger partial charge >= 0.3 is 5.97 Å². The molecular weight excluding hydrogens is 350 g/mol. The van der Waals surface area contributed by atoms with Crippen molar-refractivity contribution in [1.29, 1.82) is 0 Å². The highest BCUT2D eigenvalue weighted by Crippen LogP contribution is 2.30. The maximum absolute atomic E-state index is 12.4. The quantitative estimate of drug-likeness (QED) is 0.537. The van der Waals surface area contributed by atoms with Crippen LogP contribution in [0.3, 0.4) is 0 Å². The minimum atomic E-state index is -0.497. The first kappa shape index (κ1) is 19.2. The average molecular weight is 375 g/mol. The number of ether oxygens (including phenoxy) is 3. The zero-order valence-electron chi connectivity index (χ0n) is 15.7. The molecule has 1 aliphatic heterocycles. The van der Waals surface area contributed by atoms with E-state index in [9.17, 15) is 14.4 Å². The van der Waals surface area contributed by atoms with E-state index in [-0.39, 0.29) is 30.8 Å². The maximum Gasteiger partial charge on any atom is 0.311 e. The van der Waals surface area contributed by atoms with Crippen molar-refractivity contribution in [1.82, 2.24) is 4.90 Å². The van der Waals surface area contributed by atoms with E-state index in [1.165, 1.54) is 14.2 Å². The van der Waals surface area contributed by atoms with E-state index in [1.807, 2.05) is 4.90 Å². The van der Waals surface area contributed by atoms with Crippen LogP contribution in [0.4, 0.5) is 0 Å². The predicted octanol–water partition coefficient (Wildman–Crippen LogP) is 2.22. The Bertz CT molecular complexity index is 725. The van der Waals surface area contributed by atoms with E-state index in [4.69, 9.17) is 14.2 Å². The number of hydrogen-bond donors (Lipinski definition) is 0. The second kappa shape index (κ2) is 8.41. The molecule has 0 spiro atoms. The molecule has 0 bridgehead atoms. The van der Waals surface area contributed by atoms with Crippen LogP contribution < -0.4 is 9.47 Å². The van der Waals surface area contributed by atoms with Gasteiger partial charge in [-0.15, -0.1) is 0 Å². The fourth-order valence-corrected chi connectivity index (χ4v) is 3.82. The highest BCUT2D eigenvalue weighted by Gasteiger charge is 2.39. The van der Waals surface area contributed by atoms with E-state index in [1.54, 1.807) is 18.2 Å². The van der Waals surface area contributed by atoms with Crippen molar-refractivity contribution in [3.05, 3.63) is 23.8 Å². The summed E-state index contributed by atoms with van der Waals surface area (Å²) >= 11 is 0. The average Bonchev–Trinajstić information content (AvgIpc) is 3.34. The van der Waals surface area contributed by atoms with E-state index in [0.717, 1.165) is 25.7 Å². The number of methoxy groups -OCH3 is 2. The van der Waals surface area contributed by atoms with Gasteiger partial charge in [-0.2, -0.15) is 0 Å². The molecule has 3 rings (SSSR count). The molecule has 1 aromatic rings. The van der Waals surface area contributed by atoms with Gasteiger partial charge in [0.2, 0.25) is 11.7 Å². The monoisotopic (exact) mass is 375 g/mol. The summed E-state index contributed by atoms with van der Waals surface area (Å²) in [5.41, 5.74) is 0.321. The lowest BCUT2D eigenvalue weighted by Crippen LogP contribution is -2.35. The molecule has 0 N–H and O–H groups in total. The number of hydrogen-bond acceptors (Lipinski definition) is 6. The number of benzene rings is 1. The van der Waals surface area contributed by atoms with Crippen LogP contribution in [0.15, 0.2) is 18.2 Å². The molecule has 1 aromatic carbocycles. The lowest BCUT2D eigenvalue weighted by atomic mass is 10.1. The number of likely N-dealkylation sites (tertiary alicyclic amines) is 1. The SMILES string of the molecule is COc1ccc(C(=O)COC(=O)[C@H]2CC(=O)N(C3CCCC3)C2)c(OC)c1. The predicted molar refractivity (Wildman–Crippen MR) is 96.9 cm³/mol. The second-order valence-electron chi connectivity index (χ2n) is 6.98. The number of esters is 1. The molecule has 1 amide bonds. The van der Waals surface area contributed by atoms with Gasteiger partial charge in [0.1, 0.15) is 11.5 Å². The summed E-state index contributed by atoms with van der Waals surface area (Å²) < 4.78 is 15.5. The molecule has 7 heteroatoms. The van der Waals surface area contributed by atoms with E-state index < -0.39 is 11.9 Å². The van der Waals surface area contributed by atoms with Crippen LogP contribution in [-0.2, 0) is 14.3 Å². The summed E-state index contributed by atoms with van der Waals surface area (Å²) in [5, 5.41) is 0. The van der Waals surface area contributed by atoms with Crippen molar-refractivity contribution in [2.75, 3.05) is 27.4 Å². The molecule has 1 saturated heterocycles. The number of Topliss-reactive ketones (excluding diaryl/α,β-unsaturated/α-hetero) is 1. The fourth-order valence-electron chi connectivity index (χ4n) is 3.82. The van der Waals surface area contributed by atoms with Gasteiger partial charge in [-0.3, -0.25) is 14.4 Å². The fraction of sp³-hybridized carbons (Fsp3) is 0.550. The number of nitrogens with zero attached hydrogens (tertiary/aromatic N) is 1. The van der Waals surface area contributed by atoms with Crippen LogP contribution in [0.25, 0.3) is 0 Å². The largest absolute Gasteiger partial charge is 0.497 e. The Labute approximate surface area is 158 Å². The molecule has 0 unspecified atom stereocenters. The standard InChI is InChI=1S/C20H25NO6/c1-25-15-7-8-16(18(10-15)26-2)17(22)12-27-20(24)13-9-19(23)21(11-13)14-5-3-4-6-14/h7-8,10,13-14H,3-6,9,11-12H2,1-2H3/t13-/m0/s1. The highest BCUT2D eigenvalue weighted by atomic mass is 16.5. The first-order valence-electron chi connectivity index (χ1n) is 9.24. The molecule has 0 radical (unpaired) electrons. The second-order valence-corrected chi connectivity index (χ2v) is 6.98. The van der Waals surface area contributed by atoms with Gasteiger partial charge < -0.3 is 19.1 Å². The normalized spacial score (nSPS) is 20.0. The van der Waals surface area contributed by atoms with Crippen LogP contribution in [0.2, 0.25) is 0 Å². The third-order valence-corrected chi connectivity index (χ3v) is 5.31. The summed E-state index contributed by atoms with van der Waals surface area (Å²) in [7, 11) is 2.98. The van der Waals surface area contributed by atoms with Gasteiger partial charge in [0.15, 0.2) is 6.61 Å². The minimum Gasteiger partial charge on any atom is -0.497 e. The Morgan fingerprint density at radius 2 is 1.89 bits per heavy atom. The lowest BCUT2D eigenvalue weighted by Gasteiger charge is -2.23. The van der Waals surface area contributed by atoms with E-state index in [0.29, 0.717) is 23.6 Å². The zero-order chi connectivity index (χ0) is 19.4. The summed E-state index contributed by atoms with van der Waals surface area (Å²) in [5.74, 6) is -0.420. The molecule has 1 atom stereocenters. The molecule has 1 heterocycles. The Balaban J connectivity index is 1.56. The number of rotatable bonds is 7. The molecule has 27 heavy (non-hydrogen) atoms. The van der Waals surface area contributed by atoms with Gasteiger partial charge in [0.05, 0.1) is 25.7 Å². The molecule has 1 aliphatic carbocycles. The van der Waals surface area contributed by atoms with Crippen LogP contribution >= 0.6 is 0 Å².